The van der Waals surface area contributed by atoms with Crippen LogP contribution in [-0.4, -0.2) is 21.7 Å². The van der Waals surface area contributed by atoms with Gasteiger partial charge in [-0.1, -0.05) is 0 Å². The molecule has 0 heterocycles. The maximum atomic E-state index is 9.97. The first-order valence-corrected chi connectivity index (χ1v) is 3.75. The largest absolute Gasteiger partial charge is 0.332 e. The fourth-order valence-corrected chi connectivity index (χ4v) is 0.870. The Morgan fingerprint density at radius 3 is 2.00 bits per heavy atom. The van der Waals surface area contributed by atoms with Crippen LogP contribution in [0.25, 0.3) is 0 Å². The highest BCUT2D eigenvalue weighted by molar-refractivity contribution is 7.52. The average molecular weight is 138 g/mol. The van der Waals surface area contributed by atoms with Crippen molar-refractivity contribution in [1.29, 1.82) is 0 Å². The molecule has 48 valence electrons. The lowest BCUT2D eigenvalue weighted by atomic mass is 10.5. The van der Waals surface area contributed by atoms with Crippen molar-refractivity contribution in [2.45, 2.75) is 6.92 Å². The minimum absolute atomic E-state index is 0.488. The summed E-state index contributed by atoms with van der Waals surface area (Å²) >= 11 is 0. The van der Waals surface area contributed by atoms with Gasteiger partial charge in [-0.3, -0.25) is 9.36 Å². The number of rotatable bonds is 2. The van der Waals surface area contributed by atoms with Crippen molar-refractivity contribution in [3.05, 3.63) is 0 Å². The summed E-state index contributed by atoms with van der Waals surface area (Å²) in [5, 5.41) is 0. The molecule has 0 aromatic heterocycles. The molecule has 0 aliphatic heterocycles. The van der Waals surface area contributed by atoms with Gasteiger partial charge in [0.25, 0.3) is 0 Å². The second-order valence-electron chi connectivity index (χ2n) is 1.52. The average Bonchev–Trinajstić information content (AvgIpc) is 1.21. The zero-order valence-corrected chi connectivity index (χ0v) is 5.26. The summed E-state index contributed by atoms with van der Waals surface area (Å²) in [5.41, 5.74) is 0. The van der Waals surface area contributed by atoms with E-state index in [2.05, 4.69) is 0 Å². The van der Waals surface area contributed by atoms with Gasteiger partial charge in [0, 0.05) is 0 Å². The molecule has 0 bridgehead atoms. The quantitative estimate of drug-likeness (QED) is 0.516. The normalized spacial score (nSPS) is 11.4. The third kappa shape index (κ3) is 5.82. The first kappa shape index (κ1) is 7.82. The molecule has 4 nitrogen and oxygen atoms in total. The Balaban J connectivity index is 3.74. The maximum Gasteiger partial charge on any atom is 0.332 e. The molecular formula is C3H7O4P. The molecule has 0 aromatic carbocycles. The number of hydrogen-bond donors (Lipinski definition) is 2. The second kappa shape index (κ2) is 2.40. The van der Waals surface area contributed by atoms with Crippen LogP contribution in [0, 0.1) is 0 Å². The monoisotopic (exact) mass is 138 g/mol. The number of carbonyl (C=O) groups is 1. The number of hydrogen-bond acceptors (Lipinski definition) is 2. The Bertz CT molecular complexity index is 134. The van der Waals surface area contributed by atoms with Gasteiger partial charge in [0.15, 0.2) is 0 Å². The van der Waals surface area contributed by atoms with Crippen molar-refractivity contribution in [2.24, 2.45) is 0 Å². The Kier molecular flexibility index (Phi) is 2.34. The lowest BCUT2D eigenvalue weighted by Gasteiger charge is -1.96. The van der Waals surface area contributed by atoms with Gasteiger partial charge in [0.1, 0.15) is 11.9 Å². The van der Waals surface area contributed by atoms with E-state index < -0.39 is 19.5 Å². The highest BCUT2D eigenvalue weighted by Crippen LogP contribution is 2.33. The van der Waals surface area contributed by atoms with Crippen LogP contribution in [0.4, 0.5) is 0 Å². The van der Waals surface area contributed by atoms with Gasteiger partial charge >= 0.3 is 7.60 Å². The smallest absolute Gasteiger partial charge is 0.324 e. The lowest BCUT2D eigenvalue weighted by Crippen LogP contribution is -1.97. The zero-order valence-electron chi connectivity index (χ0n) is 4.37. The van der Waals surface area contributed by atoms with Crippen LogP contribution >= 0.6 is 7.60 Å². The van der Waals surface area contributed by atoms with E-state index in [1.165, 1.54) is 0 Å². The van der Waals surface area contributed by atoms with Gasteiger partial charge in [-0.2, -0.15) is 0 Å². The predicted octanol–water partition coefficient (Wildman–Crippen LogP) is -0.247. The van der Waals surface area contributed by atoms with Crippen molar-refractivity contribution < 1.29 is 19.1 Å². The first-order valence-electron chi connectivity index (χ1n) is 1.96. The van der Waals surface area contributed by atoms with Crippen molar-refractivity contribution >= 4 is 13.4 Å². The van der Waals surface area contributed by atoms with Crippen LogP contribution in [0.3, 0.4) is 0 Å². The Morgan fingerprint density at radius 1 is 1.62 bits per heavy atom. The minimum Gasteiger partial charge on any atom is -0.324 e. The van der Waals surface area contributed by atoms with Gasteiger partial charge in [0.2, 0.25) is 0 Å². The molecule has 0 aliphatic carbocycles. The van der Waals surface area contributed by atoms with E-state index in [1.54, 1.807) is 0 Å². The van der Waals surface area contributed by atoms with Gasteiger partial charge in [-0.15, -0.1) is 0 Å². The summed E-state index contributed by atoms with van der Waals surface area (Å²) in [5.74, 6) is -0.488. The highest BCUT2D eigenvalue weighted by Gasteiger charge is 2.14. The third-order valence-electron chi connectivity index (χ3n) is 0.429. The molecule has 0 atom stereocenters. The summed E-state index contributed by atoms with van der Waals surface area (Å²) in [6.07, 6.45) is -0.646. The number of Topliss-reactive ketones (excluding diaryl/α,β-unsaturated/α-hetero) is 1. The van der Waals surface area contributed by atoms with Crippen LogP contribution in [-0.2, 0) is 9.36 Å². The zero-order chi connectivity index (χ0) is 6.78. The predicted molar refractivity (Wildman–Crippen MR) is 27.6 cm³/mol. The minimum atomic E-state index is -4.07. The Morgan fingerprint density at radius 2 is 2.00 bits per heavy atom. The van der Waals surface area contributed by atoms with E-state index in [4.69, 9.17) is 9.79 Å². The summed E-state index contributed by atoms with van der Waals surface area (Å²) in [6, 6.07) is 0. The van der Waals surface area contributed by atoms with Gasteiger partial charge in [0.05, 0.1) is 0 Å². The third-order valence-corrected chi connectivity index (χ3v) is 1.29. The number of ketones is 1. The highest BCUT2D eigenvalue weighted by atomic mass is 31.2. The fraction of sp³-hybridized carbons (Fsp3) is 0.667. The van der Waals surface area contributed by atoms with E-state index in [1.807, 2.05) is 0 Å². The van der Waals surface area contributed by atoms with E-state index in [0.717, 1.165) is 6.92 Å². The molecule has 0 radical (unpaired) electrons. The van der Waals surface area contributed by atoms with Crippen molar-refractivity contribution in [1.82, 2.24) is 0 Å². The molecule has 0 spiro atoms. The van der Waals surface area contributed by atoms with Gasteiger partial charge in [-0.25, -0.2) is 0 Å². The first-order chi connectivity index (χ1) is 3.42. The van der Waals surface area contributed by atoms with E-state index in [9.17, 15) is 9.36 Å². The number of carbonyl (C=O) groups excluding carboxylic acids is 1. The SMILES string of the molecule is CC(=O)CP(=O)(O)O. The molecule has 0 aliphatic rings. The molecular weight excluding hydrogens is 131 g/mol. The molecule has 0 fully saturated rings. The lowest BCUT2D eigenvalue weighted by molar-refractivity contribution is -0.114. The van der Waals surface area contributed by atoms with Crippen molar-refractivity contribution in [3.8, 4) is 0 Å². The standard InChI is InChI=1S/C3H7O4P/c1-3(4)2-8(5,6)7/h2H2,1H3,(H2,5,6,7). The van der Waals surface area contributed by atoms with Crippen LogP contribution in [0.2, 0.25) is 0 Å². The Hall–Kier alpha value is -0.180. The van der Waals surface area contributed by atoms with Gasteiger partial charge < -0.3 is 9.79 Å². The molecule has 5 heteroatoms. The molecule has 0 amide bonds. The van der Waals surface area contributed by atoms with E-state index in [0.29, 0.717) is 0 Å². The summed E-state index contributed by atoms with van der Waals surface area (Å²) in [7, 11) is -4.07. The van der Waals surface area contributed by atoms with Crippen LogP contribution in [0.5, 0.6) is 0 Å². The topological polar surface area (TPSA) is 74.6 Å². The summed E-state index contributed by atoms with van der Waals surface area (Å²) in [4.78, 5) is 26.1. The molecule has 0 saturated carbocycles. The molecule has 2 N–H and O–H groups in total. The summed E-state index contributed by atoms with van der Waals surface area (Å²) < 4.78 is 9.92. The maximum absolute atomic E-state index is 9.97. The molecule has 0 rings (SSSR count). The van der Waals surface area contributed by atoms with Crippen molar-refractivity contribution in [3.63, 3.8) is 0 Å². The molecule has 0 saturated heterocycles. The van der Waals surface area contributed by atoms with Crippen LogP contribution in [0.15, 0.2) is 0 Å². The second-order valence-corrected chi connectivity index (χ2v) is 3.17. The van der Waals surface area contributed by atoms with Crippen LogP contribution < -0.4 is 0 Å². The summed E-state index contributed by atoms with van der Waals surface area (Å²) in [6.45, 7) is 1.14. The molecule has 8 heavy (non-hydrogen) atoms. The van der Waals surface area contributed by atoms with Gasteiger partial charge in [-0.05, 0) is 6.92 Å². The van der Waals surface area contributed by atoms with E-state index >= 15 is 0 Å². The van der Waals surface area contributed by atoms with E-state index in [-0.39, 0.29) is 0 Å². The van der Waals surface area contributed by atoms with Crippen LogP contribution in [0.1, 0.15) is 6.92 Å². The van der Waals surface area contributed by atoms with Crippen molar-refractivity contribution in [2.75, 3.05) is 6.16 Å². The fourth-order valence-electron chi connectivity index (χ4n) is 0.290. The molecule has 0 aromatic rings. The Labute approximate surface area is 46.7 Å². The molecule has 0 unspecified atom stereocenters.